The highest BCUT2D eigenvalue weighted by molar-refractivity contribution is 7.93. The zero-order valence-corrected chi connectivity index (χ0v) is 11.2. The fourth-order valence-electron chi connectivity index (χ4n) is 2.29. The van der Waals surface area contributed by atoms with Crippen molar-refractivity contribution in [2.75, 3.05) is 11.4 Å². The quantitative estimate of drug-likeness (QED) is 0.896. The summed E-state index contributed by atoms with van der Waals surface area (Å²) in [6.07, 6.45) is 2.59. The van der Waals surface area contributed by atoms with Gasteiger partial charge in [0.15, 0.2) is 0 Å². The molecule has 2 saturated carbocycles. The molecule has 0 saturated heterocycles. The minimum absolute atomic E-state index is 0.172. The second kappa shape index (κ2) is 3.96. The zero-order valence-electron chi connectivity index (χ0n) is 10.4. The third-order valence-electron chi connectivity index (χ3n) is 3.83. The average molecular weight is 266 g/mol. The highest BCUT2D eigenvalue weighted by Gasteiger charge is 2.39. The van der Waals surface area contributed by atoms with Gasteiger partial charge in [0.25, 0.3) is 0 Å². The topological polar surface area (TPSA) is 63.4 Å². The molecular weight excluding hydrogens is 248 g/mol. The largest absolute Gasteiger partial charge is 0.327 e. The maximum Gasteiger partial charge on any atom is 0.237 e. The Kier molecular flexibility index (Phi) is 2.64. The van der Waals surface area contributed by atoms with Crippen LogP contribution in [0.25, 0.3) is 0 Å². The van der Waals surface area contributed by atoms with E-state index in [1.165, 1.54) is 4.31 Å². The first kappa shape index (κ1) is 12.0. The minimum Gasteiger partial charge on any atom is -0.327 e. The Hall–Kier alpha value is -1.07. The summed E-state index contributed by atoms with van der Waals surface area (Å²) in [5.74, 6) is 0.405. The Morgan fingerprint density at radius 3 is 2.56 bits per heavy atom. The van der Waals surface area contributed by atoms with Crippen molar-refractivity contribution >= 4 is 15.7 Å². The lowest BCUT2D eigenvalue weighted by molar-refractivity contribution is 0.593. The molecule has 0 aliphatic heterocycles. The van der Waals surface area contributed by atoms with Crippen LogP contribution in [0.1, 0.15) is 30.7 Å². The molecule has 1 aromatic rings. The summed E-state index contributed by atoms with van der Waals surface area (Å²) in [5.41, 5.74) is 7.74. The predicted molar refractivity (Wildman–Crippen MR) is 72.1 cm³/mol. The van der Waals surface area contributed by atoms with Crippen LogP contribution in [-0.2, 0) is 10.0 Å². The van der Waals surface area contributed by atoms with Crippen LogP contribution in [-0.4, -0.2) is 26.8 Å². The maximum atomic E-state index is 12.2. The number of rotatable bonds is 4. The Bertz CT molecular complexity index is 566. The van der Waals surface area contributed by atoms with Gasteiger partial charge in [0, 0.05) is 19.0 Å². The van der Waals surface area contributed by atoms with Gasteiger partial charge in [-0.15, -0.1) is 0 Å². The molecule has 0 amide bonds. The SMILES string of the molecule is CN(c1cccc(C2CC2N)c1)S(=O)(=O)C1CC1. The van der Waals surface area contributed by atoms with Crippen molar-refractivity contribution in [2.24, 2.45) is 5.73 Å². The molecule has 18 heavy (non-hydrogen) atoms. The van der Waals surface area contributed by atoms with Gasteiger partial charge in [0.05, 0.1) is 10.9 Å². The maximum absolute atomic E-state index is 12.2. The van der Waals surface area contributed by atoms with Gasteiger partial charge in [-0.25, -0.2) is 8.42 Å². The van der Waals surface area contributed by atoms with Gasteiger partial charge in [-0.3, -0.25) is 4.31 Å². The predicted octanol–water partition coefficient (Wildman–Crippen LogP) is 1.43. The van der Waals surface area contributed by atoms with Gasteiger partial charge in [0.2, 0.25) is 10.0 Å². The molecule has 0 radical (unpaired) electrons. The monoisotopic (exact) mass is 266 g/mol. The highest BCUT2D eigenvalue weighted by atomic mass is 32.2. The van der Waals surface area contributed by atoms with Gasteiger partial charge < -0.3 is 5.73 Å². The summed E-state index contributed by atoms with van der Waals surface area (Å²) in [6.45, 7) is 0. The lowest BCUT2D eigenvalue weighted by Gasteiger charge is -2.19. The van der Waals surface area contributed by atoms with Crippen molar-refractivity contribution in [2.45, 2.75) is 36.5 Å². The molecule has 0 spiro atoms. The van der Waals surface area contributed by atoms with Crippen molar-refractivity contribution in [1.29, 1.82) is 0 Å². The lowest BCUT2D eigenvalue weighted by atomic mass is 10.1. The number of hydrogen-bond acceptors (Lipinski definition) is 3. The summed E-state index contributed by atoms with van der Waals surface area (Å²) >= 11 is 0. The van der Waals surface area contributed by atoms with E-state index in [1.807, 2.05) is 24.3 Å². The molecule has 2 atom stereocenters. The van der Waals surface area contributed by atoms with Gasteiger partial charge in [-0.2, -0.15) is 0 Å². The van der Waals surface area contributed by atoms with E-state index in [4.69, 9.17) is 5.73 Å². The van der Waals surface area contributed by atoms with Crippen molar-refractivity contribution in [3.05, 3.63) is 29.8 Å². The van der Waals surface area contributed by atoms with Gasteiger partial charge >= 0.3 is 0 Å². The summed E-state index contributed by atoms with van der Waals surface area (Å²) in [4.78, 5) is 0. The number of benzene rings is 1. The Labute approximate surface area is 108 Å². The van der Waals surface area contributed by atoms with Gasteiger partial charge in [-0.05, 0) is 37.0 Å². The third kappa shape index (κ3) is 2.01. The van der Waals surface area contributed by atoms with Crippen LogP contribution in [0, 0.1) is 0 Å². The Morgan fingerprint density at radius 1 is 1.33 bits per heavy atom. The van der Waals surface area contributed by atoms with Crippen molar-refractivity contribution in [3.8, 4) is 0 Å². The standard InChI is InChI=1S/C13H18N2O2S/c1-15(18(16,17)11-5-6-11)10-4-2-3-9(7-10)12-8-13(12)14/h2-4,7,11-13H,5-6,8,14H2,1H3. The van der Waals surface area contributed by atoms with Crippen molar-refractivity contribution in [3.63, 3.8) is 0 Å². The van der Waals surface area contributed by atoms with Crippen LogP contribution in [0.4, 0.5) is 5.69 Å². The van der Waals surface area contributed by atoms with Crippen molar-refractivity contribution in [1.82, 2.24) is 0 Å². The lowest BCUT2D eigenvalue weighted by Crippen LogP contribution is -2.29. The smallest absolute Gasteiger partial charge is 0.237 e. The van der Waals surface area contributed by atoms with E-state index in [1.54, 1.807) is 7.05 Å². The van der Waals surface area contributed by atoms with Crippen molar-refractivity contribution < 1.29 is 8.42 Å². The van der Waals surface area contributed by atoms with E-state index in [0.29, 0.717) is 5.92 Å². The fraction of sp³-hybridized carbons (Fsp3) is 0.538. The average Bonchev–Trinajstić information content (AvgIpc) is 3.22. The molecule has 2 aliphatic carbocycles. The van der Waals surface area contributed by atoms with Crippen LogP contribution < -0.4 is 10.0 Å². The molecule has 3 rings (SSSR count). The van der Waals surface area contributed by atoms with E-state index >= 15 is 0 Å². The summed E-state index contributed by atoms with van der Waals surface area (Å²) in [5, 5.41) is -0.172. The Balaban J connectivity index is 1.87. The van der Waals surface area contributed by atoms with Gasteiger partial charge in [0.1, 0.15) is 0 Å². The number of nitrogens with two attached hydrogens (primary N) is 1. The highest BCUT2D eigenvalue weighted by Crippen LogP contribution is 2.40. The second-order valence-electron chi connectivity index (χ2n) is 5.31. The second-order valence-corrected chi connectivity index (χ2v) is 7.56. The molecule has 98 valence electrons. The summed E-state index contributed by atoms with van der Waals surface area (Å²) in [7, 11) is -1.51. The number of nitrogens with zero attached hydrogens (tertiary/aromatic N) is 1. The molecule has 2 N–H and O–H groups in total. The summed E-state index contributed by atoms with van der Waals surface area (Å²) in [6, 6.07) is 7.98. The molecular formula is C13H18N2O2S. The van der Waals surface area contributed by atoms with E-state index < -0.39 is 10.0 Å². The molecule has 1 aromatic carbocycles. The van der Waals surface area contributed by atoms with Gasteiger partial charge in [-0.1, -0.05) is 12.1 Å². The van der Waals surface area contributed by atoms with Crippen LogP contribution in [0.2, 0.25) is 0 Å². The molecule has 5 heteroatoms. The molecule has 4 nitrogen and oxygen atoms in total. The third-order valence-corrected chi connectivity index (χ3v) is 6.12. The zero-order chi connectivity index (χ0) is 12.9. The number of sulfonamides is 1. The molecule has 0 heterocycles. The van der Waals surface area contributed by atoms with E-state index in [2.05, 4.69) is 0 Å². The van der Waals surface area contributed by atoms with E-state index in [-0.39, 0.29) is 11.3 Å². The normalized spacial score (nSPS) is 27.0. The first-order valence-corrected chi connectivity index (χ1v) is 7.84. The summed E-state index contributed by atoms with van der Waals surface area (Å²) < 4.78 is 25.7. The van der Waals surface area contributed by atoms with E-state index in [0.717, 1.165) is 30.5 Å². The number of anilines is 1. The van der Waals surface area contributed by atoms with Crippen LogP contribution in [0.5, 0.6) is 0 Å². The molecule has 2 unspecified atom stereocenters. The first-order valence-electron chi connectivity index (χ1n) is 6.33. The van der Waals surface area contributed by atoms with Crippen LogP contribution >= 0.6 is 0 Å². The molecule has 0 aromatic heterocycles. The first-order chi connectivity index (χ1) is 8.50. The molecule has 2 aliphatic rings. The minimum atomic E-state index is -3.15. The van der Waals surface area contributed by atoms with E-state index in [9.17, 15) is 8.42 Å². The Morgan fingerprint density at radius 2 is 2.00 bits per heavy atom. The number of hydrogen-bond donors (Lipinski definition) is 1. The molecule has 2 fully saturated rings. The molecule has 0 bridgehead atoms. The van der Waals surface area contributed by atoms with Crippen LogP contribution in [0.3, 0.4) is 0 Å². The van der Waals surface area contributed by atoms with Crippen LogP contribution in [0.15, 0.2) is 24.3 Å². The fourth-order valence-corrected chi connectivity index (χ4v) is 3.87.